The van der Waals surface area contributed by atoms with Gasteiger partial charge in [-0.05, 0) is 13.5 Å². The van der Waals surface area contributed by atoms with Gasteiger partial charge in [0, 0.05) is 12.8 Å². The molecule has 0 bridgehead atoms. The van der Waals surface area contributed by atoms with E-state index in [1.54, 1.807) is 6.66 Å². The van der Waals surface area contributed by atoms with Gasteiger partial charge in [-0.15, -0.1) is 6.42 Å². The van der Waals surface area contributed by atoms with Gasteiger partial charge in [0.1, 0.15) is 7.29 Å². The maximum absolute atomic E-state index is 11.5. The molecule has 10 heavy (non-hydrogen) atoms. The average Bonchev–Trinajstić information content (AvgIpc) is 2.10. The standard InChI is InChI=1S/C7H12NOP/c1-4-7-5-6-10(3,9)8(7)2/h1,7H,5-6H2,2-3H3. The van der Waals surface area contributed by atoms with Crippen molar-refractivity contribution in [2.75, 3.05) is 19.9 Å². The van der Waals surface area contributed by atoms with Crippen molar-refractivity contribution in [3.05, 3.63) is 0 Å². The first-order chi connectivity index (χ1) is 4.58. The monoisotopic (exact) mass is 157 g/mol. The molecular weight excluding hydrogens is 145 g/mol. The van der Waals surface area contributed by atoms with Gasteiger partial charge in [-0.3, -0.25) is 0 Å². The number of nitrogens with zero attached hydrogens (tertiary/aromatic N) is 1. The van der Waals surface area contributed by atoms with E-state index < -0.39 is 7.29 Å². The molecule has 1 heterocycles. The van der Waals surface area contributed by atoms with Crippen molar-refractivity contribution >= 4 is 7.29 Å². The zero-order valence-corrected chi connectivity index (χ0v) is 7.27. The molecule has 2 nitrogen and oxygen atoms in total. The van der Waals surface area contributed by atoms with E-state index in [4.69, 9.17) is 6.42 Å². The van der Waals surface area contributed by atoms with Gasteiger partial charge in [0.05, 0.1) is 6.04 Å². The SMILES string of the molecule is C#CC1CCP(C)(=O)N1C. The molecule has 0 aromatic heterocycles. The molecule has 0 saturated carbocycles. The Labute approximate surface area is 62.0 Å². The van der Waals surface area contributed by atoms with Gasteiger partial charge < -0.3 is 4.57 Å². The molecule has 1 rings (SSSR count). The first kappa shape index (κ1) is 7.85. The molecule has 56 valence electrons. The van der Waals surface area contributed by atoms with Gasteiger partial charge in [0.25, 0.3) is 0 Å². The maximum Gasteiger partial charge on any atom is 0.148 e. The Morgan fingerprint density at radius 1 is 1.80 bits per heavy atom. The summed E-state index contributed by atoms with van der Waals surface area (Å²) in [6, 6.07) is 0.107. The van der Waals surface area contributed by atoms with Crippen molar-refractivity contribution in [2.45, 2.75) is 12.5 Å². The zero-order chi connectivity index (χ0) is 7.78. The van der Waals surface area contributed by atoms with Crippen LogP contribution in [0.5, 0.6) is 0 Å². The molecule has 0 radical (unpaired) electrons. The van der Waals surface area contributed by atoms with Crippen LogP contribution in [0.3, 0.4) is 0 Å². The summed E-state index contributed by atoms with van der Waals surface area (Å²) < 4.78 is 13.4. The molecule has 0 spiro atoms. The first-order valence-corrected chi connectivity index (χ1v) is 5.63. The summed E-state index contributed by atoms with van der Waals surface area (Å²) in [6.07, 6.45) is 6.90. The first-order valence-electron chi connectivity index (χ1n) is 3.34. The molecule has 0 aliphatic carbocycles. The van der Waals surface area contributed by atoms with Crippen LogP contribution in [0.4, 0.5) is 0 Å². The van der Waals surface area contributed by atoms with Crippen molar-refractivity contribution < 1.29 is 4.57 Å². The van der Waals surface area contributed by atoms with Crippen LogP contribution in [-0.2, 0) is 4.57 Å². The van der Waals surface area contributed by atoms with Crippen LogP contribution in [0.25, 0.3) is 0 Å². The molecule has 2 atom stereocenters. The fourth-order valence-corrected chi connectivity index (χ4v) is 3.00. The number of hydrogen-bond acceptors (Lipinski definition) is 1. The topological polar surface area (TPSA) is 20.3 Å². The minimum absolute atomic E-state index is 0.107. The molecule has 1 aliphatic heterocycles. The lowest BCUT2D eigenvalue weighted by atomic mass is 10.2. The van der Waals surface area contributed by atoms with Gasteiger partial charge in [0.2, 0.25) is 0 Å². The normalized spacial score (nSPS) is 41.5. The predicted octanol–water partition coefficient (Wildman–Crippen LogP) is 1.23. The molecule has 0 aromatic carbocycles. The van der Waals surface area contributed by atoms with Crippen LogP contribution in [0.15, 0.2) is 0 Å². The van der Waals surface area contributed by atoms with E-state index >= 15 is 0 Å². The van der Waals surface area contributed by atoms with Crippen molar-refractivity contribution in [1.82, 2.24) is 4.67 Å². The largest absolute Gasteiger partial charge is 0.307 e. The van der Waals surface area contributed by atoms with E-state index in [0.29, 0.717) is 0 Å². The van der Waals surface area contributed by atoms with Gasteiger partial charge in [-0.1, -0.05) is 5.92 Å². The molecule has 0 aromatic rings. The summed E-state index contributed by atoms with van der Waals surface area (Å²) in [5.41, 5.74) is 0. The molecule has 1 aliphatic rings. The minimum Gasteiger partial charge on any atom is -0.307 e. The lowest BCUT2D eigenvalue weighted by Gasteiger charge is -2.18. The fourth-order valence-electron chi connectivity index (χ4n) is 1.19. The molecular formula is C7H12NOP. The van der Waals surface area contributed by atoms with Crippen LogP contribution >= 0.6 is 7.29 Å². The van der Waals surface area contributed by atoms with E-state index in [1.807, 2.05) is 11.7 Å². The van der Waals surface area contributed by atoms with Crippen molar-refractivity contribution in [1.29, 1.82) is 0 Å². The van der Waals surface area contributed by atoms with Crippen LogP contribution in [0.2, 0.25) is 0 Å². The summed E-state index contributed by atoms with van der Waals surface area (Å²) >= 11 is 0. The average molecular weight is 157 g/mol. The van der Waals surface area contributed by atoms with Crippen LogP contribution in [-0.4, -0.2) is 30.6 Å². The Hall–Kier alpha value is -0.250. The second kappa shape index (κ2) is 2.42. The van der Waals surface area contributed by atoms with E-state index in [2.05, 4.69) is 5.92 Å². The van der Waals surface area contributed by atoms with E-state index in [9.17, 15) is 4.57 Å². The highest BCUT2D eigenvalue weighted by atomic mass is 31.2. The molecule has 0 N–H and O–H groups in total. The highest BCUT2D eigenvalue weighted by Gasteiger charge is 2.34. The third kappa shape index (κ3) is 1.12. The molecule has 1 fully saturated rings. The highest BCUT2D eigenvalue weighted by Crippen LogP contribution is 2.52. The minimum atomic E-state index is -2.02. The van der Waals surface area contributed by atoms with Gasteiger partial charge in [-0.25, -0.2) is 4.67 Å². The summed E-state index contributed by atoms with van der Waals surface area (Å²) in [5.74, 6) is 2.62. The van der Waals surface area contributed by atoms with Gasteiger partial charge in [0.15, 0.2) is 0 Å². The number of rotatable bonds is 0. The van der Waals surface area contributed by atoms with Crippen molar-refractivity contribution in [3.63, 3.8) is 0 Å². The third-order valence-electron chi connectivity index (χ3n) is 2.13. The maximum atomic E-state index is 11.5. The van der Waals surface area contributed by atoms with E-state index in [-0.39, 0.29) is 6.04 Å². The summed E-state index contributed by atoms with van der Waals surface area (Å²) in [7, 11) is -0.171. The smallest absolute Gasteiger partial charge is 0.148 e. The summed E-state index contributed by atoms with van der Waals surface area (Å²) in [4.78, 5) is 0. The second-order valence-electron chi connectivity index (χ2n) is 2.82. The van der Waals surface area contributed by atoms with E-state index in [0.717, 1.165) is 12.6 Å². The summed E-state index contributed by atoms with van der Waals surface area (Å²) in [5, 5.41) is 0. The summed E-state index contributed by atoms with van der Waals surface area (Å²) in [6.45, 7) is 1.80. The molecule has 1 saturated heterocycles. The van der Waals surface area contributed by atoms with Crippen molar-refractivity contribution in [3.8, 4) is 12.3 Å². The lowest BCUT2D eigenvalue weighted by Crippen LogP contribution is -2.19. The van der Waals surface area contributed by atoms with E-state index in [1.165, 1.54) is 0 Å². The number of hydrogen-bond donors (Lipinski definition) is 0. The predicted molar refractivity (Wildman–Crippen MR) is 43.4 cm³/mol. The van der Waals surface area contributed by atoms with Crippen molar-refractivity contribution in [2.24, 2.45) is 0 Å². The van der Waals surface area contributed by atoms with Gasteiger partial charge in [-0.2, -0.15) is 0 Å². The Kier molecular flexibility index (Phi) is 1.90. The fraction of sp³-hybridized carbons (Fsp3) is 0.714. The third-order valence-corrected chi connectivity index (χ3v) is 4.83. The Morgan fingerprint density at radius 3 is 2.60 bits per heavy atom. The van der Waals surface area contributed by atoms with Crippen LogP contribution in [0.1, 0.15) is 6.42 Å². The van der Waals surface area contributed by atoms with Gasteiger partial charge >= 0.3 is 0 Å². The quantitative estimate of drug-likeness (QED) is 0.389. The van der Waals surface area contributed by atoms with Crippen LogP contribution < -0.4 is 0 Å². The zero-order valence-electron chi connectivity index (χ0n) is 6.37. The van der Waals surface area contributed by atoms with Crippen LogP contribution in [0, 0.1) is 12.3 Å². The molecule has 3 heteroatoms. The highest BCUT2D eigenvalue weighted by molar-refractivity contribution is 7.61. The molecule has 0 amide bonds. The number of terminal acetylenes is 1. The molecule has 2 unspecified atom stereocenters. The Bertz CT molecular complexity index is 218. The second-order valence-corrected chi connectivity index (χ2v) is 6.00. The Morgan fingerprint density at radius 2 is 2.40 bits per heavy atom. The Balaban J connectivity index is 2.79. The lowest BCUT2D eigenvalue weighted by molar-refractivity contribution is 0.462.